The van der Waals surface area contributed by atoms with Crippen LogP contribution in [0.15, 0.2) is 0 Å². The fraction of sp³-hybridized carbons (Fsp3) is 1.00. The van der Waals surface area contributed by atoms with Crippen molar-refractivity contribution in [2.24, 2.45) is 0 Å². The molecule has 0 aromatic rings. The largest absolute Gasteiger partial charge is 0.384 e. The monoisotopic (exact) mass is 378 g/mol. The lowest BCUT2D eigenvalue weighted by Gasteiger charge is -2.30. The molecular weight excluding hydrogens is 342 g/mol. The summed E-state index contributed by atoms with van der Waals surface area (Å²) in [5.41, 5.74) is 3.13. The van der Waals surface area contributed by atoms with Crippen LogP contribution in [0.1, 0.15) is 25.7 Å². The molecule has 0 N–H and O–H groups in total. The molecule has 0 amide bonds. The van der Waals surface area contributed by atoms with E-state index in [-0.39, 0.29) is 15.8 Å². The lowest BCUT2D eigenvalue weighted by molar-refractivity contribution is 0.194. The maximum atomic E-state index is 5.51. The van der Waals surface area contributed by atoms with Gasteiger partial charge in [-0.15, -0.1) is 0 Å². The van der Waals surface area contributed by atoms with E-state index in [1.165, 1.54) is 38.0 Å². The van der Waals surface area contributed by atoms with Crippen molar-refractivity contribution in [3.63, 3.8) is 0 Å². The minimum absolute atomic E-state index is 0.0280. The highest BCUT2D eigenvalue weighted by molar-refractivity contribution is 7.63. The Bertz CT molecular complexity index is 285. The smallest absolute Gasteiger partial charge is 0.0529 e. The molecule has 0 spiro atoms. The number of rotatable bonds is 11. The van der Waals surface area contributed by atoms with Crippen molar-refractivity contribution in [1.29, 1.82) is 0 Å². The molecule has 0 saturated carbocycles. The van der Waals surface area contributed by atoms with Gasteiger partial charge >= 0.3 is 0 Å². The number of hydrogen-bond donors (Lipinski definition) is 0. The van der Waals surface area contributed by atoms with E-state index in [0.717, 1.165) is 49.1 Å². The predicted molar refractivity (Wildman–Crippen MR) is 105 cm³/mol. The molecule has 0 aromatic heterocycles. The van der Waals surface area contributed by atoms with Gasteiger partial charge in [-0.1, -0.05) is 15.8 Å². The fourth-order valence-electron chi connectivity index (χ4n) is 4.48. The molecule has 2 saturated heterocycles. The second kappa shape index (κ2) is 11.4. The highest BCUT2D eigenvalue weighted by Crippen LogP contribution is 2.61. The van der Waals surface area contributed by atoms with Crippen LogP contribution in [-0.2, 0) is 18.9 Å². The summed E-state index contributed by atoms with van der Waals surface area (Å²) in [7, 11) is 7.45. The molecule has 2 fully saturated rings. The highest BCUT2D eigenvalue weighted by atomic mass is 31.1. The van der Waals surface area contributed by atoms with Crippen LogP contribution in [0.2, 0.25) is 0 Å². The third-order valence-electron chi connectivity index (χ3n) is 5.59. The van der Waals surface area contributed by atoms with Gasteiger partial charge in [0, 0.05) is 51.1 Å². The van der Waals surface area contributed by atoms with Crippen molar-refractivity contribution < 1.29 is 18.9 Å². The zero-order chi connectivity index (χ0) is 17.4. The Labute approximate surface area is 150 Å². The minimum atomic E-state index is 0.0280. The van der Waals surface area contributed by atoms with E-state index in [1.54, 1.807) is 0 Å². The standard InChI is InChI=1S/C18H36O4P2/c1-19-11-15-5-6-16(12-20-2)23(15)9-10-24-17(13-21-3)7-8-18(24)14-22-4/h15-18H,5-14H2,1-4H3/t15-,16-,17-,18-/m1/s1. The Kier molecular flexibility index (Phi) is 10.00. The first-order chi connectivity index (χ1) is 11.7. The molecule has 0 bridgehead atoms. The van der Waals surface area contributed by atoms with Crippen molar-refractivity contribution in [3.05, 3.63) is 0 Å². The van der Waals surface area contributed by atoms with Gasteiger partial charge in [-0.3, -0.25) is 0 Å². The Morgan fingerprint density at radius 3 is 1.00 bits per heavy atom. The Balaban J connectivity index is 1.95. The van der Waals surface area contributed by atoms with Gasteiger partial charge in [0.15, 0.2) is 0 Å². The molecule has 0 unspecified atom stereocenters. The number of methoxy groups -OCH3 is 4. The predicted octanol–water partition coefficient (Wildman–Crippen LogP) is 3.60. The Morgan fingerprint density at radius 1 is 0.542 bits per heavy atom. The molecule has 0 radical (unpaired) electrons. The van der Waals surface area contributed by atoms with Crippen molar-refractivity contribution in [2.75, 3.05) is 67.2 Å². The SMILES string of the molecule is COC[C@H]1CC[C@H](COC)P1CCP1[C@@H](COC)CC[C@@H]1COC. The molecule has 6 heteroatoms. The van der Waals surface area contributed by atoms with Crippen LogP contribution in [0, 0.1) is 0 Å². The molecule has 2 aliphatic rings. The highest BCUT2D eigenvalue weighted by Gasteiger charge is 2.39. The molecule has 4 nitrogen and oxygen atoms in total. The summed E-state index contributed by atoms with van der Waals surface area (Å²) < 4.78 is 22.1. The Morgan fingerprint density at radius 2 is 0.792 bits per heavy atom. The van der Waals surface area contributed by atoms with E-state index in [9.17, 15) is 0 Å². The van der Waals surface area contributed by atoms with Gasteiger partial charge in [-0.25, -0.2) is 0 Å². The van der Waals surface area contributed by atoms with Gasteiger partial charge in [-0.2, -0.15) is 0 Å². The quantitative estimate of drug-likeness (QED) is 0.515. The summed E-state index contributed by atoms with van der Waals surface area (Å²) in [6, 6.07) is 0. The Hall–Kier alpha value is 0.700. The second-order valence-electron chi connectivity index (χ2n) is 7.07. The molecule has 0 aliphatic carbocycles. The van der Waals surface area contributed by atoms with Crippen LogP contribution in [0.25, 0.3) is 0 Å². The third kappa shape index (κ3) is 5.60. The summed E-state index contributed by atoms with van der Waals surface area (Å²) >= 11 is 0. The van der Waals surface area contributed by atoms with E-state index in [1.807, 2.05) is 28.4 Å². The fourth-order valence-corrected chi connectivity index (χ4v) is 12.3. The molecular formula is C18H36O4P2. The first-order valence-electron chi connectivity index (χ1n) is 9.22. The van der Waals surface area contributed by atoms with Crippen LogP contribution >= 0.6 is 15.8 Å². The van der Waals surface area contributed by atoms with E-state index in [0.29, 0.717) is 0 Å². The maximum Gasteiger partial charge on any atom is 0.0529 e. The summed E-state index contributed by atoms with van der Waals surface area (Å²) in [4.78, 5) is 0. The first-order valence-corrected chi connectivity index (χ1v) is 12.5. The summed E-state index contributed by atoms with van der Waals surface area (Å²) in [5, 5.41) is 0. The minimum Gasteiger partial charge on any atom is -0.384 e. The lowest BCUT2D eigenvalue weighted by atomic mass is 10.2. The normalized spacial score (nSPS) is 32.0. The average Bonchev–Trinajstić information content (AvgIpc) is 3.12. The number of ether oxygens (including phenoxy) is 4. The van der Waals surface area contributed by atoms with E-state index >= 15 is 0 Å². The number of hydrogen-bond acceptors (Lipinski definition) is 4. The van der Waals surface area contributed by atoms with Crippen LogP contribution in [0.5, 0.6) is 0 Å². The van der Waals surface area contributed by atoms with Gasteiger partial charge < -0.3 is 18.9 Å². The summed E-state index contributed by atoms with van der Waals surface area (Å²) in [5.74, 6) is 0. The van der Waals surface area contributed by atoms with Crippen LogP contribution in [0.3, 0.4) is 0 Å². The van der Waals surface area contributed by atoms with Crippen LogP contribution < -0.4 is 0 Å². The molecule has 2 heterocycles. The molecule has 4 atom stereocenters. The second-order valence-corrected chi connectivity index (χ2v) is 12.9. The van der Waals surface area contributed by atoms with Crippen molar-refractivity contribution in [2.45, 2.75) is 48.3 Å². The van der Waals surface area contributed by atoms with E-state index in [2.05, 4.69) is 0 Å². The van der Waals surface area contributed by atoms with E-state index < -0.39 is 0 Å². The van der Waals surface area contributed by atoms with Crippen molar-refractivity contribution >= 4 is 15.8 Å². The molecule has 142 valence electrons. The van der Waals surface area contributed by atoms with Gasteiger partial charge in [-0.05, 0) is 38.0 Å². The van der Waals surface area contributed by atoms with Crippen LogP contribution in [-0.4, -0.2) is 89.8 Å². The van der Waals surface area contributed by atoms with Crippen molar-refractivity contribution in [3.8, 4) is 0 Å². The first kappa shape index (κ1) is 21.0. The van der Waals surface area contributed by atoms with Gasteiger partial charge in [0.25, 0.3) is 0 Å². The third-order valence-corrected chi connectivity index (χ3v) is 12.8. The van der Waals surface area contributed by atoms with Crippen molar-refractivity contribution in [1.82, 2.24) is 0 Å². The molecule has 2 rings (SSSR count). The van der Waals surface area contributed by atoms with Gasteiger partial charge in [0.05, 0.1) is 26.4 Å². The molecule has 0 aromatic carbocycles. The zero-order valence-electron chi connectivity index (χ0n) is 15.9. The molecule has 2 aliphatic heterocycles. The average molecular weight is 378 g/mol. The lowest BCUT2D eigenvalue weighted by Crippen LogP contribution is -2.20. The topological polar surface area (TPSA) is 36.9 Å². The van der Waals surface area contributed by atoms with Crippen LogP contribution in [0.4, 0.5) is 0 Å². The van der Waals surface area contributed by atoms with Gasteiger partial charge in [0.2, 0.25) is 0 Å². The summed E-state index contributed by atoms with van der Waals surface area (Å²) in [6.45, 7) is 3.75. The maximum absolute atomic E-state index is 5.51. The summed E-state index contributed by atoms with van der Waals surface area (Å²) in [6.07, 6.45) is 8.10. The molecule has 24 heavy (non-hydrogen) atoms. The van der Waals surface area contributed by atoms with E-state index in [4.69, 9.17) is 18.9 Å². The van der Waals surface area contributed by atoms with Gasteiger partial charge in [0.1, 0.15) is 0 Å². The zero-order valence-corrected chi connectivity index (χ0v) is 17.7.